The lowest BCUT2D eigenvalue weighted by atomic mass is 9.99. The predicted molar refractivity (Wildman–Crippen MR) is 219 cm³/mol. The highest BCUT2D eigenvalue weighted by molar-refractivity contribution is 5.69. The van der Waals surface area contributed by atoms with Gasteiger partial charge in [0.25, 0.3) is 0 Å². The Kier molecular flexibility index (Phi) is 35.0. The van der Waals surface area contributed by atoms with Gasteiger partial charge in [-0.25, -0.2) is 0 Å². The topological polar surface area (TPSA) is 135 Å². The molecular weight excluding hydrogens is 684 g/mol. The maximum atomic E-state index is 12.7. The predicted octanol–water partition coefficient (Wildman–Crippen LogP) is 9.81. The molecule has 0 amide bonds. The third-order valence-electron chi connectivity index (χ3n) is 10.4. The second-order valence-electron chi connectivity index (χ2n) is 15.5. The molecule has 0 bridgehead atoms. The second kappa shape index (κ2) is 37.3. The molecule has 0 aromatic heterocycles. The van der Waals surface area contributed by atoms with Crippen LogP contribution < -0.4 is 0 Å². The summed E-state index contributed by atoms with van der Waals surface area (Å²) in [5.74, 6) is -0.325. The SMILES string of the molecule is CCCC/C=C\C/C=C\CCCCCCCC(=O)OC(COCCCCCCCCCCCCCCCCCCC)COC1OC(CO)C(O)C(O)C1O. The fourth-order valence-corrected chi connectivity index (χ4v) is 6.80. The largest absolute Gasteiger partial charge is 0.457 e. The lowest BCUT2D eigenvalue weighted by Crippen LogP contribution is -2.59. The van der Waals surface area contributed by atoms with Gasteiger partial charge in [0.1, 0.15) is 30.5 Å². The van der Waals surface area contributed by atoms with E-state index in [2.05, 4.69) is 38.2 Å². The lowest BCUT2D eigenvalue weighted by molar-refractivity contribution is -0.305. The van der Waals surface area contributed by atoms with Crippen LogP contribution in [0.4, 0.5) is 0 Å². The highest BCUT2D eigenvalue weighted by Gasteiger charge is 2.44. The van der Waals surface area contributed by atoms with Crippen molar-refractivity contribution in [3.8, 4) is 0 Å². The molecule has 1 saturated heterocycles. The molecule has 9 heteroatoms. The number of hydrogen-bond acceptors (Lipinski definition) is 9. The van der Waals surface area contributed by atoms with Crippen LogP contribution in [0.5, 0.6) is 0 Å². The summed E-state index contributed by atoms with van der Waals surface area (Å²) < 4.78 is 22.8. The molecule has 1 heterocycles. The quantitative estimate of drug-likeness (QED) is 0.0275. The molecule has 6 unspecified atom stereocenters. The van der Waals surface area contributed by atoms with Gasteiger partial charge in [-0.2, -0.15) is 0 Å². The number of allylic oxidation sites excluding steroid dienone is 4. The molecule has 318 valence electrons. The van der Waals surface area contributed by atoms with E-state index in [1.807, 2.05) is 0 Å². The summed E-state index contributed by atoms with van der Waals surface area (Å²) in [6, 6.07) is 0. The van der Waals surface area contributed by atoms with Crippen LogP contribution in [0.2, 0.25) is 0 Å². The van der Waals surface area contributed by atoms with Gasteiger partial charge in [-0.3, -0.25) is 4.79 Å². The summed E-state index contributed by atoms with van der Waals surface area (Å²) in [7, 11) is 0. The van der Waals surface area contributed by atoms with Crippen LogP contribution in [0.15, 0.2) is 24.3 Å². The molecule has 0 aromatic carbocycles. The number of carbonyl (C=O) groups is 1. The van der Waals surface area contributed by atoms with Crippen molar-refractivity contribution < 1.29 is 44.2 Å². The molecule has 0 spiro atoms. The van der Waals surface area contributed by atoms with Crippen LogP contribution in [-0.2, 0) is 23.7 Å². The van der Waals surface area contributed by atoms with E-state index in [1.54, 1.807) is 0 Å². The first-order valence-electron chi connectivity index (χ1n) is 22.4. The van der Waals surface area contributed by atoms with Crippen molar-refractivity contribution in [3.63, 3.8) is 0 Å². The molecule has 9 nitrogen and oxygen atoms in total. The van der Waals surface area contributed by atoms with E-state index >= 15 is 0 Å². The fourth-order valence-electron chi connectivity index (χ4n) is 6.80. The first kappa shape index (κ1) is 50.7. The number of hydrogen-bond donors (Lipinski definition) is 4. The minimum absolute atomic E-state index is 0.116. The average molecular weight is 769 g/mol. The maximum Gasteiger partial charge on any atom is 0.306 e. The van der Waals surface area contributed by atoms with Gasteiger partial charge in [-0.05, 0) is 38.5 Å². The van der Waals surface area contributed by atoms with Crippen molar-refractivity contribution in [3.05, 3.63) is 24.3 Å². The summed E-state index contributed by atoms with van der Waals surface area (Å²) in [6.45, 7) is 4.52. The van der Waals surface area contributed by atoms with Crippen LogP contribution in [-0.4, -0.2) is 89.6 Å². The van der Waals surface area contributed by atoms with Crippen molar-refractivity contribution in [2.45, 2.75) is 230 Å². The Balaban J connectivity index is 2.26. The Morgan fingerprint density at radius 1 is 0.593 bits per heavy atom. The first-order valence-corrected chi connectivity index (χ1v) is 22.4. The van der Waals surface area contributed by atoms with E-state index in [-0.39, 0.29) is 19.2 Å². The van der Waals surface area contributed by atoms with Crippen molar-refractivity contribution in [2.75, 3.05) is 26.4 Å². The first-order chi connectivity index (χ1) is 26.4. The second-order valence-corrected chi connectivity index (χ2v) is 15.5. The molecule has 1 aliphatic heterocycles. The Morgan fingerprint density at radius 3 is 1.65 bits per heavy atom. The number of aliphatic hydroxyl groups is 4. The molecule has 0 saturated carbocycles. The molecule has 4 N–H and O–H groups in total. The number of rotatable bonds is 38. The molecular formula is C45H84O9. The van der Waals surface area contributed by atoms with Gasteiger partial charge in [-0.15, -0.1) is 0 Å². The Bertz CT molecular complexity index is 879. The molecule has 0 aliphatic carbocycles. The third kappa shape index (κ3) is 28.1. The average Bonchev–Trinajstić information content (AvgIpc) is 3.17. The highest BCUT2D eigenvalue weighted by Crippen LogP contribution is 2.22. The Labute approximate surface area is 330 Å². The standard InChI is InChI=1S/C45H84O9/c1-3-5-7-9-11-13-15-17-19-20-21-23-25-27-29-31-33-35-51-37-39(38-52-45-44(50)43(49)42(48)40(36-46)54-45)53-41(47)34-32-30-28-26-24-22-18-16-14-12-10-8-6-4-2/h10,12,16,18,39-40,42-46,48-50H,3-9,11,13-15,17,19-38H2,1-2H3/b12-10-,18-16-. The van der Waals surface area contributed by atoms with Crippen LogP contribution in [0.1, 0.15) is 194 Å². The van der Waals surface area contributed by atoms with Gasteiger partial charge in [0, 0.05) is 13.0 Å². The van der Waals surface area contributed by atoms with Crippen LogP contribution >= 0.6 is 0 Å². The summed E-state index contributed by atoms with van der Waals surface area (Å²) in [5, 5.41) is 40.1. The lowest BCUT2D eigenvalue weighted by Gasteiger charge is -2.39. The summed E-state index contributed by atoms with van der Waals surface area (Å²) >= 11 is 0. The smallest absolute Gasteiger partial charge is 0.306 e. The fraction of sp³-hybridized carbons (Fsp3) is 0.889. The van der Waals surface area contributed by atoms with Crippen LogP contribution in [0.3, 0.4) is 0 Å². The zero-order valence-electron chi connectivity index (χ0n) is 34.7. The Hall–Kier alpha value is -1.33. The monoisotopic (exact) mass is 769 g/mol. The number of aliphatic hydroxyl groups excluding tert-OH is 4. The zero-order chi connectivity index (χ0) is 39.3. The minimum Gasteiger partial charge on any atom is -0.457 e. The van der Waals surface area contributed by atoms with Gasteiger partial charge >= 0.3 is 5.97 Å². The summed E-state index contributed by atoms with van der Waals surface area (Å²) in [5.41, 5.74) is 0. The third-order valence-corrected chi connectivity index (χ3v) is 10.4. The molecule has 0 aromatic rings. The number of esters is 1. The van der Waals surface area contributed by atoms with Crippen molar-refractivity contribution in [1.82, 2.24) is 0 Å². The number of carbonyl (C=O) groups excluding carboxylic acids is 1. The van der Waals surface area contributed by atoms with Gasteiger partial charge in [0.2, 0.25) is 0 Å². The van der Waals surface area contributed by atoms with E-state index in [0.717, 1.165) is 57.8 Å². The van der Waals surface area contributed by atoms with E-state index in [4.69, 9.17) is 18.9 Å². The van der Waals surface area contributed by atoms with E-state index in [0.29, 0.717) is 13.0 Å². The molecule has 54 heavy (non-hydrogen) atoms. The van der Waals surface area contributed by atoms with Gasteiger partial charge in [0.15, 0.2) is 6.29 Å². The molecule has 0 radical (unpaired) electrons. The van der Waals surface area contributed by atoms with E-state index in [9.17, 15) is 25.2 Å². The van der Waals surface area contributed by atoms with Crippen molar-refractivity contribution >= 4 is 5.97 Å². The van der Waals surface area contributed by atoms with E-state index in [1.165, 1.54) is 116 Å². The normalized spacial score (nSPS) is 21.0. The molecule has 6 atom stereocenters. The van der Waals surface area contributed by atoms with Crippen LogP contribution in [0, 0.1) is 0 Å². The number of ether oxygens (including phenoxy) is 4. The molecule has 1 aliphatic rings. The van der Waals surface area contributed by atoms with Crippen molar-refractivity contribution in [1.29, 1.82) is 0 Å². The molecule has 1 rings (SSSR count). The van der Waals surface area contributed by atoms with E-state index < -0.39 is 43.4 Å². The highest BCUT2D eigenvalue weighted by atomic mass is 16.7. The number of unbranched alkanes of at least 4 members (excludes halogenated alkanes) is 23. The summed E-state index contributed by atoms with van der Waals surface area (Å²) in [6.07, 6.45) is 34.9. The summed E-state index contributed by atoms with van der Waals surface area (Å²) in [4.78, 5) is 12.7. The van der Waals surface area contributed by atoms with Crippen LogP contribution in [0.25, 0.3) is 0 Å². The maximum absolute atomic E-state index is 12.7. The van der Waals surface area contributed by atoms with Gasteiger partial charge in [0.05, 0.1) is 19.8 Å². The minimum atomic E-state index is -1.54. The molecule has 1 fully saturated rings. The zero-order valence-corrected chi connectivity index (χ0v) is 34.7. The van der Waals surface area contributed by atoms with Crippen molar-refractivity contribution in [2.24, 2.45) is 0 Å². The Morgan fingerprint density at radius 2 is 1.09 bits per heavy atom. The van der Waals surface area contributed by atoms with Gasteiger partial charge < -0.3 is 39.4 Å². The van der Waals surface area contributed by atoms with Gasteiger partial charge in [-0.1, -0.05) is 173 Å².